The summed E-state index contributed by atoms with van der Waals surface area (Å²) in [5.41, 5.74) is 1.04. The van der Waals surface area contributed by atoms with Gasteiger partial charge in [-0.25, -0.2) is 9.97 Å². The van der Waals surface area contributed by atoms with Crippen LogP contribution in [0.4, 0.5) is 0 Å². The Hall–Kier alpha value is -1.67. The minimum Gasteiger partial charge on any atom is -0.335 e. The molecule has 25 heavy (non-hydrogen) atoms. The van der Waals surface area contributed by atoms with Crippen molar-refractivity contribution in [1.82, 2.24) is 24.7 Å². The fraction of sp³-hybridized carbons (Fsp3) is 0.647. The second kappa shape index (κ2) is 8.14. The van der Waals surface area contributed by atoms with E-state index in [0.29, 0.717) is 19.6 Å². The molecule has 2 fully saturated rings. The molecule has 3 rings (SSSR count). The van der Waals surface area contributed by atoms with Crippen molar-refractivity contribution in [2.45, 2.75) is 37.5 Å². The molecule has 136 valence electrons. The molecule has 3 heterocycles. The van der Waals surface area contributed by atoms with E-state index < -0.39 is 0 Å². The summed E-state index contributed by atoms with van der Waals surface area (Å²) in [5.74, 6) is 1.12. The summed E-state index contributed by atoms with van der Waals surface area (Å²) in [5, 5.41) is 0.816. The molecule has 2 saturated heterocycles. The number of hydrogen-bond donors (Lipinski definition) is 0. The van der Waals surface area contributed by atoms with Gasteiger partial charge in [-0.2, -0.15) is 0 Å². The van der Waals surface area contributed by atoms with Crippen LogP contribution < -0.4 is 0 Å². The zero-order chi connectivity index (χ0) is 17.8. The first-order chi connectivity index (χ1) is 12.1. The number of carbonyl (C=O) groups excluding carboxylic acids is 2. The van der Waals surface area contributed by atoms with Gasteiger partial charge in [0.15, 0.2) is 5.16 Å². The van der Waals surface area contributed by atoms with E-state index in [2.05, 4.69) is 21.8 Å². The molecule has 0 bridgehead atoms. The van der Waals surface area contributed by atoms with Crippen molar-refractivity contribution in [3.05, 3.63) is 18.0 Å². The number of piperazine rings is 2. The molecule has 2 aliphatic rings. The standard InChI is InChI=1S/C17H25N5O2S/c1-3-4-7-25-17-18-8-13(9-19-17)10-21-5-6-22-14(11-21)16(24)20(2)12-15(22)23/h8-9,14H,3-7,10-12H2,1-2H3/t14-/m0/s1. The number of aromatic nitrogens is 2. The Kier molecular flexibility index (Phi) is 5.90. The number of carbonyl (C=O) groups is 2. The van der Waals surface area contributed by atoms with E-state index in [4.69, 9.17) is 0 Å². The Balaban J connectivity index is 1.57. The zero-order valence-corrected chi connectivity index (χ0v) is 15.7. The molecule has 0 aromatic carbocycles. The van der Waals surface area contributed by atoms with Crippen molar-refractivity contribution in [3.8, 4) is 0 Å². The number of amides is 2. The van der Waals surface area contributed by atoms with Gasteiger partial charge >= 0.3 is 0 Å². The summed E-state index contributed by atoms with van der Waals surface area (Å²) in [7, 11) is 1.69. The second-order valence-corrected chi connectivity index (χ2v) is 7.67. The molecule has 0 spiro atoms. The highest BCUT2D eigenvalue weighted by Gasteiger charge is 2.41. The van der Waals surface area contributed by atoms with Gasteiger partial charge in [0.25, 0.3) is 0 Å². The van der Waals surface area contributed by atoms with Gasteiger partial charge in [0.1, 0.15) is 6.04 Å². The average molecular weight is 363 g/mol. The van der Waals surface area contributed by atoms with E-state index in [1.54, 1.807) is 23.7 Å². The van der Waals surface area contributed by atoms with Crippen LogP contribution >= 0.6 is 11.8 Å². The number of rotatable bonds is 6. The smallest absolute Gasteiger partial charge is 0.246 e. The topological polar surface area (TPSA) is 69.6 Å². The van der Waals surface area contributed by atoms with E-state index in [1.165, 1.54) is 17.7 Å². The Morgan fingerprint density at radius 3 is 2.72 bits per heavy atom. The molecule has 0 saturated carbocycles. The molecule has 2 aliphatic heterocycles. The lowest BCUT2D eigenvalue weighted by Crippen LogP contribution is -2.65. The van der Waals surface area contributed by atoms with Crippen LogP contribution in [0, 0.1) is 0 Å². The molecule has 2 amide bonds. The average Bonchev–Trinajstić information content (AvgIpc) is 2.61. The monoisotopic (exact) mass is 363 g/mol. The van der Waals surface area contributed by atoms with Gasteiger partial charge in [-0.15, -0.1) is 0 Å². The van der Waals surface area contributed by atoms with Gasteiger partial charge in [-0.1, -0.05) is 25.1 Å². The highest BCUT2D eigenvalue weighted by Crippen LogP contribution is 2.19. The summed E-state index contributed by atoms with van der Waals surface area (Å²) in [6.45, 7) is 5.02. The van der Waals surface area contributed by atoms with E-state index in [1.807, 2.05) is 12.4 Å². The SMILES string of the molecule is CCCCSc1ncc(CN2CCN3C(=O)CN(C)C(=O)[C@@H]3C2)cn1. The minimum atomic E-state index is -0.357. The summed E-state index contributed by atoms with van der Waals surface area (Å²) < 4.78 is 0. The maximum atomic E-state index is 12.4. The van der Waals surface area contributed by atoms with E-state index in [9.17, 15) is 9.59 Å². The number of fused-ring (bicyclic) bond motifs is 1. The predicted octanol–water partition coefficient (Wildman–Crippen LogP) is 0.854. The number of unbranched alkanes of at least 4 members (excludes halogenated alkanes) is 1. The first-order valence-corrected chi connectivity index (χ1v) is 9.77. The van der Waals surface area contributed by atoms with E-state index in [0.717, 1.165) is 23.0 Å². The molecule has 8 heteroatoms. The number of likely N-dealkylation sites (N-methyl/N-ethyl adjacent to an activating group) is 1. The third kappa shape index (κ3) is 4.30. The third-order valence-electron chi connectivity index (χ3n) is 4.64. The molecule has 1 aromatic rings. The van der Waals surface area contributed by atoms with E-state index >= 15 is 0 Å². The Morgan fingerprint density at radius 2 is 2.00 bits per heavy atom. The highest BCUT2D eigenvalue weighted by molar-refractivity contribution is 7.99. The number of thioether (sulfide) groups is 1. The van der Waals surface area contributed by atoms with Gasteiger partial charge in [-0.3, -0.25) is 14.5 Å². The molecule has 1 aromatic heterocycles. The van der Waals surface area contributed by atoms with Crippen molar-refractivity contribution in [1.29, 1.82) is 0 Å². The highest BCUT2D eigenvalue weighted by atomic mass is 32.2. The van der Waals surface area contributed by atoms with Crippen molar-refractivity contribution in [3.63, 3.8) is 0 Å². The van der Waals surface area contributed by atoms with Gasteiger partial charge in [0.2, 0.25) is 11.8 Å². The van der Waals surface area contributed by atoms with Crippen LogP contribution in [0.2, 0.25) is 0 Å². The van der Waals surface area contributed by atoms with Crippen LogP contribution in [0.3, 0.4) is 0 Å². The van der Waals surface area contributed by atoms with Crippen LogP contribution in [0.1, 0.15) is 25.3 Å². The minimum absolute atomic E-state index is 0.0308. The molecule has 0 N–H and O–H groups in total. The van der Waals surface area contributed by atoms with E-state index in [-0.39, 0.29) is 24.4 Å². The summed E-state index contributed by atoms with van der Waals surface area (Å²) in [4.78, 5) is 38.7. The summed E-state index contributed by atoms with van der Waals surface area (Å²) in [6.07, 6.45) is 6.08. The van der Waals surface area contributed by atoms with Crippen molar-refractivity contribution >= 4 is 23.6 Å². The van der Waals surface area contributed by atoms with Crippen LogP contribution in [0.5, 0.6) is 0 Å². The van der Waals surface area contributed by atoms with Crippen molar-refractivity contribution < 1.29 is 9.59 Å². The molecular formula is C17H25N5O2S. The van der Waals surface area contributed by atoms with Gasteiger partial charge in [0, 0.05) is 56.9 Å². The van der Waals surface area contributed by atoms with Gasteiger partial charge in [0.05, 0.1) is 6.54 Å². The summed E-state index contributed by atoms with van der Waals surface area (Å²) in [6, 6.07) is -0.357. The molecule has 0 unspecified atom stereocenters. The molecule has 1 atom stereocenters. The quantitative estimate of drug-likeness (QED) is 0.424. The lowest BCUT2D eigenvalue weighted by Gasteiger charge is -2.45. The van der Waals surface area contributed by atoms with Crippen LogP contribution in [0.15, 0.2) is 17.6 Å². The maximum absolute atomic E-state index is 12.4. The first kappa shape index (κ1) is 18.1. The third-order valence-corrected chi connectivity index (χ3v) is 5.60. The largest absolute Gasteiger partial charge is 0.335 e. The lowest BCUT2D eigenvalue weighted by atomic mass is 10.1. The maximum Gasteiger partial charge on any atom is 0.246 e. The molecule has 0 aliphatic carbocycles. The van der Waals surface area contributed by atoms with Gasteiger partial charge in [-0.05, 0) is 6.42 Å². The fourth-order valence-corrected chi connectivity index (χ4v) is 4.05. The Morgan fingerprint density at radius 1 is 1.24 bits per heavy atom. The van der Waals surface area contributed by atoms with Crippen LogP contribution in [-0.2, 0) is 16.1 Å². The van der Waals surface area contributed by atoms with Gasteiger partial charge < -0.3 is 9.80 Å². The molecule has 7 nitrogen and oxygen atoms in total. The molecular weight excluding hydrogens is 338 g/mol. The normalized spacial score (nSPS) is 21.6. The molecule has 0 radical (unpaired) electrons. The van der Waals surface area contributed by atoms with Crippen LogP contribution in [0.25, 0.3) is 0 Å². The predicted molar refractivity (Wildman–Crippen MR) is 96.1 cm³/mol. The lowest BCUT2D eigenvalue weighted by molar-refractivity contribution is -0.158. The number of hydrogen-bond acceptors (Lipinski definition) is 6. The fourth-order valence-electron chi connectivity index (χ4n) is 3.18. The Labute approximate surface area is 152 Å². The van der Waals surface area contributed by atoms with Crippen LogP contribution in [-0.4, -0.2) is 81.5 Å². The van der Waals surface area contributed by atoms with Crippen molar-refractivity contribution in [2.24, 2.45) is 0 Å². The first-order valence-electron chi connectivity index (χ1n) is 8.79. The summed E-state index contributed by atoms with van der Waals surface area (Å²) >= 11 is 1.69. The zero-order valence-electron chi connectivity index (χ0n) is 14.8. The second-order valence-electron chi connectivity index (χ2n) is 6.61. The van der Waals surface area contributed by atoms with Crippen molar-refractivity contribution in [2.75, 3.05) is 39.0 Å². The Bertz CT molecular complexity index is 624. The number of nitrogens with zero attached hydrogens (tertiary/aromatic N) is 5.